The fourth-order valence-corrected chi connectivity index (χ4v) is 2.69. The van der Waals surface area contributed by atoms with Crippen molar-refractivity contribution < 1.29 is 13.6 Å². The number of anilines is 1. The van der Waals surface area contributed by atoms with E-state index in [2.05, 4.69) is 15.3 Å². The zero-order chi connectivity index (χ0) is 15.7. The standard InChI is InChI=1S/C13H8F2N4O2S/c14-7-4-9-10(5-8(7)15)22-12(17-9)18-11(20)6-19-3-1-2-16-13(19)21/h1-5H,6H2,(H,17,18,20). The normalized spacial score (nSPS) is 10.8. The number of nitrogens with one attached hydrogen (secondary N) is 1. The zero-order valence-corrected chi connectivity index (χ0v) is 11.7. The average molecular weight is 322 g/mol. The Morgan fingerprint density at radius 3 is 2.86 bits per heavy atom. The fourth-order valence-electron chi connectivity index (χ4n) is 1.80. The molecule has 0 saturated carbocycles. The van der Waals surface area contributed by atoms with Gasteiger partial charge in [0.2, 0.25) is 5.91 Å². The van der Waals surface area contributed by atoms with Gasteiger partial charge in [0.25, 0.3) is 0 Å². The lowest BCUT2D eigenvalue weighted by atomic mass is 10.3. The van der Waals surface area contributed by atoms with Crippen molar-refractivity contribution in [2.24, 2.45) is 0 Å². The van der Waals surface area contributed by atoms with Gasteiger partial charge in [0.15, 0.2) is 16.8 Å². The van der Waals surface area contributed by atoms with Crippen LogP contribution < -0.4 is 11.0 Å². The molecule has 2 heterocycles. The summed E-state index contributed by atoms with van der Waals surface area (Å²) in [5.41, 5.74) is -0.302. The summed E-state index contributed by atoms with van der Waals surface area (Å²) >= 11 is 1.01. The summed E-state index contributed by atoms with van der Waals surface area (Å²) < 4.78 is 27.8. The van der Waals surface area contributed by atoms with E-state index >= 15 is 0 Å². The Morgan fingerprint density at radius 2 is 2.09 bits per heavy atom. The molecule has 6 nitrogen and oxygen atoms in total. The molecule has 22 heavy (non-hydrogen) atoms. The Balaban J connectivity index is 1.79. The summed E-state index contributed by atoms with van der Waals surface area (Å²) in [6.07, 6.45) is 2.76. The SMILES string of the molecule is O=C(Cn1cccnc1=O)Nc1nc2cc(F)c(F)cc2s1. The first-order valence-electron chi connectivity index (χ1n) is 6.10. The molecule has 0 bridgehead atoms. The number of carbonyl (C=O) groups excluding carboxylic acids is 1. The van der Waals surface area contributed by atoms with Crippen LogP contribution in [0.5, 0.6) is 0 Å². The van der Waals surface area contributed by atoms with E-state index < -0.39 is 23.2 Å². The van der Waals surface area contributed by atoms with E-state index in [0.717, 1.165) is 28.0 Å². The van der Waals surface area contributed by atoms with Gasteiger partial charge in [-0.25, -0.2) is 23.5 Å². The van der Waals surface area contributed by atoms with E-state index in [0.29, 0.717) is 4.70 Å². The number of aromatic nitrogens is 3. The number of amides is 1. The van der Waals surface area contributed by atoms with Crippen LogP contribution in [0.3, 0.4) is 0 Å². The number of hydrogen-bond donors (Lipinski definition) is 1. The van der Waals surface area contributed by atoms with Crippen LogP contribution >= 0.6 is 11.3 Å². The molecule has 0 unspecified atom stereocenters. The molecule has 0 aliphatic carbocycles. The highest BCUT2D eigenvalue weighted by Crippen LogP contribution is 2.27. The monoisotopic (exact) mass is 322 g/mol. The molecule has 9 heteroatoms. The van der Waals surface area contributed by atoms with Crippen molar-refractivity contribution in [2.45, 2.75) is 6.54 Å². The summed E-state index contributed by atoms with van der Waals surface area (Å²) in [4.78, 5) is 30.8. The maximum Gasteiger partial charge on any atom is 0.347 e. The number of hydrogen-bond acceptors (Lipinski definition) is 5. The maximum atomic E-state index is 13.1. The van der Waals surface area contributed by atoms with Crippen LogP contribution in [0.4, 0.5) is 13.9 Å². The molecule has 0 radical (unpaired) electrons. The van der Waals surface area contributed by atoms with Crippen LogP contribution in [-0.2, 0) is 11.3 Å². The predicted octanol–water partition coefficient (Wildman–Crippen LogP) is 1.77. The summed E-state index contributed by atoms with van der Waals surface area (Å²) in [5.74, 6) is -2.47. The van der Waals surface area contributed by atoms with Gasteiger partial charge < -0.3 is 5.32 Å². The van der Waals surface area contributed by atoms with Crippen LogP contribution in [0.1, 0.15) is 0 Å². The molecule has 1 aromatic carbocycles. The molecule has 3 rings (SSSR count). The van der Waals surface area contributed by atoms with Crippen LogP contribution in [0, 0.1) is 11.6 Å². The summed E-state index contributed by atoms with van der Waals surface area (Å²) in [6, 6.07) is 3.50. The van der Waals surface area contributed by atoms with Crippen LogP contribution in [0.25, 0.3) is 10.2 Å². The minimum absolute atomic E-state index is 0.196. The number of thiazole rings is 1. The molecular weight excluding hydrogens is 314 g/mol. The molecule has 0 fully saturated rings. The topological polar surface area (TPSA) is 76.9 Å². The van der Waals surface area contributed by atoms with E-state index in [1.165, 1.54) is 18.5 Å². The second kappa shape index (κ2) is 5.60. The van der Waals surface area contributed by atoms with Crippen molar-refractivity contribution in [1.82, 2.24) is 14.5 Å². The first-order valence-corrected chi connectivity index (χ1v) is 6.91. The number of nitrogens with zero attached hydrogens (tertiary/aromatic N) is 3. The Hall–Kier alpha value is -2.68. The van der Waals surface area contributed by atoms with Crippen LogP contribution in [-0.4, -0.2) is 20.4 Å². The Kier molecular flexibility index (Phi) is 3.63. The van der Waals surface area contributed by atoms with Gasteiger partial charge in [0, 0.05) is 18.5 Å². The van der Waals surface area contributed by atoms with Gasteiger partial charge in [-0.2, -0.15) is 0 Å². The highest BCUT2D eigenvalue weighted by atomic mass is 32.1. The quantitative estimate of drug-likeness (QED) is 0.797. The highest BCUT2D eigenvalue weighted by molar-refractivity contribution is 7.22. The number of halogens is 2. The van der Waals surface area contributed by atoms with E-state index in [9.17, 15) is 18.4 Å². The maximum absolute atomic E-state index is 13.1. The first kappa shape index (κ1) is 14.3. The van der Waals surface area contributed by atoms with E-state index in [1.54, 1.807) is 0 Å². The van der Waals surface area contributed by atoms with Gasteiger partial charge >= 0.3 is 5.69 Å². The van der Waals surface area contributed by atoms with Gasteiger partial charge in [0.1, 0.15) is 6.54 Å². The molecule has 1 amide bonds. The van der Waals surface area contributed by atoms with E-state index in [4.69, 9.17) is 0 Å². The molecule has 2 aromatic heterocycles. The number of carbonyl (C=O) groups is 1. The van der Waals surface area contributed by atoms with E-state index in [-0.39, 0.29) is 17.2 Å². The average Bonchev–Trinajstić information content (AvgIpc) is 2.83. The fraction of sp³-hybridized carbons (Fsp3) is 0.0769. The molecular formula is C13H8F2N4O2S. The molecule has 3 aromatic rings. The van der Waals surface area contributed by atoms with Crippen molar-refractivity contribution in [3.05, 3.63) is 52.7 Å². The summed E-state index contributed by atoms with van der Waals surface area (Å²) in [7, 11) is 0. The van der Waals surface area contributed by atoms with Gasteiger partial charge in [0.05, 0.1) is 10.2 Å². The molecule has 112 valence electrons. The largest absolute Gasteiger partial charge is 0.347 e. The zero-order valence-electron chi connectivity index (χ0n) is 10.9. The van der Waals surface area contributed by atoms with Gasteiger partial charge in [-0.15, -0.1) is 0 Å². The molecule has 0 aliphatic heterocycles. The molecule has 1 N–H and O–H groups in total. The Labute approximate surface area is 126 Å². The lowest BCUT2D eigenvalue weighted by Crippen LogP contribution is -2.28. The summed E-state index contributed by atoms with van der Waals surface area (Å²) in [5, 5.41) is 2.68. The van der Waals surface area contributed by atoms with Crippen molar-refractivity contribution >= 4 is 32.6 Å². The Bertz CT molecular complexity index is 883. The Morgan fingerprint density at radius 1 is 1.32 bits per heavy atom. The molecule has 0 aliphatic rings. The third-order valence-corrected chi connectivity index (χ3v) is 3.71. The minimum atomic E-state index is -1.00. The molecule has 0 saturated heterocycles. The van der Waals surface area contributed by atoms with Gasteiger partial charge in [-0.1, -0.05) is 11.3 Å². The third kappa shape index (κ3) is 2.84. The van der Waals surface area contributed by atoms with Gasteiger partial charge in [-0.3, -0.25) is 9.36 Å². The minimum Gasteiger partial charge on any atom is -0.300 e. The number of fused-ring (bicyclic) bond motifs is 1. The second-order valence-electron chi connectivity index (χ2n) is 4.33. The van der Waals surface area contributed by atoms with Crippen LogP contribution in [0.2, 0.25) is 0 Å². The van der Waals surface area contributed by atoms with Crippen molar-refractivity contribution in [3.8, 4) is 0 Å². The van der Waals surface area contributed by atoms with Crippen LogP contribution in [0.15, 0.2) is 35.4 Å². The first-order chi connectivity index (χ1) is 10.5. The third-order valence-electron chi connectivity index (χ3n) is 2.77. The van der Waals surface area contributed by atoms with Gasteiger partial charge in [-0.05, 0) is 12.1 Å². The number of benzene rings is 1. The van der Waals surface area contributed by atoms with E-state index in [1.807, 2.05) is 0 Å². The van der Waals surface area contributed by atoms with Crippen molar-refractivity contribution in [1.29, 1.82) is 0 Å². The summed E-state index contributed by atoms with van der Waals surface area (Å²) in [6.45, 7) is -0.231. The lowest BCUT2D eigenvalue weighted by Gasteiger charge is -2.03. The molecule has 0 spiro atoms. The highest BCUT2D eigenvalue weighted by Gasteiger charge is 2.12. The van der Waals surface area contributed by atoms with Crippen molar-refractivity contribution in [3.63, 3.8) is 0 Å². The second-order valence-corrected chi connectivity index (χ2v) is 5.36. The smallest absolute Gasteiger partial charge is 0.300 e. The predicted molar refractivity (Wildman–Crippen MR) is 76.7 cm³/mol. The lowest BCUT2D eigenvalue weighted by molar-refractivity contribution is -0.116. The number of rotatable bonds is 3. The molecule has 0 atom stereocenters. The van der Waals surface area contributed by atoms with Crippen molar-refractivity contribution in [2.75, 3.05) is 5.32 Å².